The van der Waals surface area contributed by atoms with Crippen LogP contribution < -0.4 is 0 Å². The van der Waals surface area contributed by atoms with Gasteiger partial charge in [0, 0.05) is 20.6 Å². The fourth-order valence-electron chi connectivity index (χ4n) is 1.01. The molecule has 0 spiro atoms. The Balaban J connectivity index is 4.30. The third kappa shape index (κ3) is 5.98. The molecule has 0 fully saturated rings. The Labute approximate surface area is 92.2 Å². The molecule has 0 aliphatic carbocycles. The van der Waals surface area contributed by atoms with Crippen LogP contribution in [0.2, 0.25) is 0 Å². The Morgan fingerprint density at radius 1 is 1.27 bits per heavy atom. The van der Waals surface area contributed by atoms with E-state index >= 15 is 0 Å². The predicted octanol–water partition coefficient (Wildman–Crippen LogP) is 3.89. The minimum atomic E-state index is -3.37. The highest BCUT2D eigenvalue weighted by Crippen LogP contribution is 2.50. The van der Waals surface area contributed by atoms with Crippen molar-refractivity contribution in [1.29, 1.82) is 0 Å². The molecule has 4 nitrogen and oxygen atoms in total. The minimum absolute atomic E-state index is 0.662. The summed E-state index contributed by atoms with van der Waals surface area (Å²) in [5, 5.41) is 0. The Morgan fingerprint density at radius 2 is 1.87 bits per heavy atom. The standard InChI is InChI=1S/C10H21O4P/c1-5-7-8-9-10(6-2)14-15(11,12-3)13-4/h9H,5-8H2,1-4H3/b10-9-. The maximum Gasteiger partial charge on any atom is 0.529 e. The molecule has 0 aromatic carbocycles. The number of hydrogen-bond donors (Lipinski definition) is 0. The van der Waals surface area contributed by atoms with Gasteiger partial charge in [-0.05, 0) is 18.9 Å². The van der Waals surface area contributed by atoms with Crippen LogP contribution in [0.15, 0.2) is 11.8 Å². The highest BCUT2D eigenvalue weighted by atomic mass is 31.2. The molecule has 5 heteroatoms. The van der Waals surface area contributed by atoms with E-state index < -0.39 is 7.82 Å². The molecule has 0 N–H and O–H groups in total. The first-order chi connectivity index (χ1) is 7.11. The van der Waals surface area contributed by atoms with E-state index in [4.69, 9.17) is 13.6 Å². The lowest BCUT2D eigenvalue weighted by Gasteiger charge is -2.15. The van der Waals surface area contributed by atoms with Gasteiger partial charge in [-0.2, -0.15) is 0 Å². The zero-order valence-corrected chi connectivity index (χ0v) is 10.9. The lowest BCUT2D eigenvalue weighted by molar-refractivity contribution is 0.180. The summed E-state index contributed by atoms with van der Waals surface area (Å²) in [7, 11) is -0.752. The first kappa shape index (κ1) is 14.7. The molecule has 0 aromatic heterocycles. The summed E-state index contributed by atoms with van der Waals surface area (Å²) in [6.07, 6.45) is 5.76. The molecule has 0 aliphatic rings. The van der Waals surface area contributed by atoms with Crippen LogP contribution in [0.25, 0.3) is 0 Å². The zero-order valence-electron chi connectivity index (χ0n) is 9.99. The summed E-state index contributed by atoms with van der Waals surface area (Å²) in [5.41, 5.74) is 0. The lowest BCUT2D eigenvalue weighted by atomic mass is 10.2. The molecule has 0 radical (unpaired) electrons. The number of hydrogen-bond acceptors (Lipinski definition) is 4. The van der Waals surface area contributed by atoms with Crippen molar-refractivity contribution in [2.24, 2.45) is 0 Å². The van der Waals surface area contributed by atoms with E-state index in [-0.39, 0.29) is 0 Å². The van der Waals surface area contributed by atoms with Crippen molar-refractivity contribution in [3.63, 3.8) is 0 Å². The molecule has 0 bridgehead atoms. The summed E-state index contributed by atoms with van der Waals surface area (Å²) in [4.78, 5) is 0. The monoisotopic (exact) mass is 236 g/mol. The molecule has 0 aromatic rings. The normalized spacial score (nSPS) is 12.9. The van der Waals surface area contributed by atoms with E-state index in [9.17, 15) is 4.57 Å². The van der Waals surface area contributed by atoms with E-state index in [2.05, 4.69) is 6.92 Å². The molecular formula is C10H21O4P. The number of unbranched alkanes of at least 4 members (excludes halogenated alkanes) is 2. The van der Waals surface area contributed by atoms with Gasteiger partial charge < -0.3 is 4.52 Å². The topological polar surface area (TPSA) is 44.8 Å². The highest BCUT2D eigenvalue weighted by molar-refractivity contribution is 7.48. The summed E-state index contributed by atoms with van der Waals surface area (Å²) in [5.74, 6) is 0.662. The second kappa shape index (κ2) is 7.91. The van der Waals surface area contributed by atoms with Crippen molar-refractivity contribution in [1.82, 2.24) is 0 Å². The lowest BCUT2D eigenvalue weighted by Crippen LogP contribution is -1.95. The minimum Gasteiger partial charge on any atom is -0.409 e. The van der Waals surface area contributed by atoms with Crippen molar-refractivity contribution < 1.29 is 18.1 Å². The van der Waals surface area contributed by atoms with Gasteiger partial charge in [0.05, 0.1) is 0 Å². The van der Waals surface area contributed by atoms with Crippen LogP contribution in [0.3, 0.4) is 0 Å². The fraction of sp³-hybridized carbons (Fsp3) is 0.800. The SMILES string of the molecule is CCCC/C=C(/CC)OP(=O)(OC)OC. The molecule has 0 atom stereocenters. The van der Waals surface area contributed by atoms with Crippen molar-refractivity contribution >= 4 is 7.82 Å². The van der Waals surface area contributed by atoms with Gasteiger partial charge >= 0.3 is 7.82 Å². The summed E-state index contributed by atoms with van der Waals surface area (Å²) >= 11 is 0. The molecule has 0 rings (SSSR count). The largest absolute Gasteiger partial charge is 0.529 e. The number of phosphoric acid groups is 1. The van der Waals surface area contributed by atoms with Crippen LogP contribution in [0.1, 0.15) is 39.5 Å². The van der Waals surface area contributed by atoms with Gasteiger partial charge in [-0.15, -0.1) is 0 Å². The van der Waals surface area contributed by atoms with Gasteiger partial charge in [0.15, 0.2) is 0 Å². The third-order valence-corrected chi connectivity index (χ3v) is 3.31. The summed E-state index contributed by atoms with van der Waals surface area (Å²) < 4.78 is 26.2. The van der Waals surface area contributed by atoms with Crippen molar-refractivity contribution in [3.05, 3.63) is 11.8 Å². The molecule has 0 unspecified atom stereocenters. The molecule has 15 heavy (non-hydrogen) atoms. The van der Waals surface area contributed by atoms with E-state index in [0.29, 0.717) is 12.2 Å². The summed E-state index contributed by atoms with van der Waals surface area (Å²) in [6, 6.07) is 0. The first-order valence-electron chi connectivity index (χ1n) is 5.22. The van der Waals surface area contributed by atoms with Crippen LogP contribution in [0.4, 0.5) is 0 Å². The number of rotatable bonds is 8. The Bertz CT molecular complexity index is 230. The maximum absolute atomic E-state index is 11.6. The van der Waals surface area contributed by atoms with Crippen LogP contribution in [0, 0.1) is 0 Å². The average Bonchev–Trinajstić information content (AvgIpc) is 2.27. The van der Waals surface area contributed by atoms with E-state index in [1.165, 1.54) is 14.2 Å². The highest BCUT2D eigenvalue weighted by Gasteiger charge is 2.24. The Hall–Kier alpha value is -0.310. The molecule has 0 saturated heterocycles. The summed E-state index contributed by atoms with van der Waals surface area (Å²) in [6.45, 7) is 4.06. The smallest absolute Gasteiger partial charge is 0.409 e. The van der Waals surface area contributed by atoms with Gasteiger partial charge in [0.1, 0.15) is 5.76 Å². The molecule has 0 heterocycles. The molecule has 0 saturated carbocycles. The molecule has 0 amide bonds. The number of phosphoric ester groups is 1. The number of allylic oxidation sites excluding steroid dienone is 2. The van der Waals surface area contributed by atoms with E-state index in [1.54, 1.807) is 0 Å². The predicted molar refractivity (Wildman–Crippen MR) is 60.6 cm³/mol. The van der Waals surface area contributed by atoms with Crippen LogP contribution in [-0.2, 0) is 18.1 Å². The Morgan fingerprint density at radius 3 is 2.27 bits per heavy atom. The fourth-order valence-corrected chi connectivity index (χ4v) is 1.79. The van der Waals surface area contributed by atoms with Gasteiger partial charge in [-0.3, -0.25) is 9.05 Å². The van der Waals surface area contributed by atoms with Crippen LogP contribution in [-0.4, -0.2) is 14.2 Å². The first-order valence-corrected chi connectivity index (χ1v) is 6.68. The third-order valence-electron chi connectivity index (χ3n) is 1.95. The quantitative estimate of drug-likeness (QED) is 0.364. The zero-order chi connectivity index (χ0) is 11.7. The van der Waals surface area contributed by atoms with Gasteiger partial charge in [0.2, 0.25) is 0 Å². The van der Waals surface area contributed by atoms with Crippen LogP contribution in [0.5, 0.6) is 0 Å². The van der Waals surface area contributed by atoms with Crippen LogP contribution >= 0.6 is 7.82 Å². The van der Waals surface area contributed by atoms with Crippen molar-refractivity contribution in [2.75, 3.05) is 14.2 Å². The van der Waals surface area contributed by atoms with Crippen molar-refractivity contribution in [3.8, 4) is 0 Å². The molecular weight excluding hydrogens is 215 g/mol. The maximum atomic E-state index is 11.6. The van der Waals surface area contributed by atoms with E-state index in [0.717, 1.165) is 19.3 Å². The van der Waals surface area contributed by atoms with Gasteiger partial charge in [-0.1, -0.05) is 20.3 Å². The van der Waals surface area contributed by atoms with Crippen molar-refractivity contribution in [2.45, 2.75) is 39.5 Å². The second-order valence-corrected chi connectivity index (χ2v) is 4.88. The van der Waals surface area contributed by atoms with Gasteiger partial charge in [0.25, 0.3) is 0 Å². The second-order valence-electron chi connectivity index (χ2n) is 3.07. The Kier molecular flexibility index (Phi) is 7.75. The average molecular weight is 236 g/mol. The van der Waals surface area contributed by atoms with Gasteiger partial charge in [-0.25, -0.2) is 4.57 Å². The molecule has 0 aliphatic heterocycles. The van der Waals surface area contributed by atoms with E-state index in [1.807, 2.05) is 13.0 Å². The molecule has 90 valence electrons.